The van der Waals surface area contributed by atoms with E-state index in [1.165, 1.54) is 5.56 Å². The van der Waals surface area contributed by atoms with Gasteiger partial charge in [0.1, 0.15) is 5.75 Å². The first kappa shape index (κ1) is 11.3. The molecule has 0 bridgehead atoms. The third kappa shape index (κ3) is 1.56. The van der Waals surface area contributed by atoms with Crippen LogP contribution in [0, 0.1) is 6.92 Å². The molecule has 0 amide bonds. The van der Waals surface area contributed by atoms with Gasteiger partial charge in [0, 0.05) is 17.0 Å². The summed E-state index contributed by atoms with van der Waals surface area (Å²) in [6.45, 7) is 2.80. The summed E-state index contributed by atoms with van der Waals surface area (Å²) in [7, 11) is 0. The van der Waals surface area contributed by atoms with Crippen molar-refractivity contribution in [2.24, 2.45) is 0 Å². The van der Waals surface area contributed by atoms with E-state index >= 15 is 0 Å². The second-order valence-electron chi connectivity index (χ2n) is 5.16. The molecule has 0 saturated carbocycles. The van der Waals surface area contributed by atoms with Gasteiger partial charge in [-0.1, -0.05) is 29.8 Å². The molecule has 0 aliphatic carbocycles. The highest BCUT2D eigenvalue weighted by molar-refractivity contribution is 5.80. The molecule has 3 nitrogen and oxygen atoms in total. The van der Waals surface area contributed by atoms with Crippen LogP contribution in [0.1, 0.15) is 11.1 Å². The van der Waals surface area contributed by atoms with Crippen molar-refractivity contribution in [2.45, 2.75) is 13.5 Å². The van der Waals surface area contributed by atoms with Crippen molar-refractivity contribution >= 4 is 10.9 Å². The molecule has 0 unspecified atom stereocenters. The number of aryl methyl sites for hydroxylation is 1. The fraction of sp³-hybridized carbons (Fsp3) is 0.118. The molecule has 0 N–H and O–H groups in total. The number of aromatic nitrogens is 1. The second kappa shape index (κ2) is 3.97. The summed E-state index contributed by atoms with van der Waals surface area (Å²) >= 11 is 0. The van der Waals surface area contributed by atoms with E-state index < -0.39 is 0 Å². The normalized spacial score (nSPS) is 12.7. The van der Waals surface area contributed by atoms with Crippen LogP contribution in [0.5, 0.6) is 11.6 Å². The minimum atomic E-state index is 0.00223. The zero-order chi connectivity index (χ0) is 13.7. The van der Waals surface area contributed by atoms with Crippen molar-refractivity contribution in [3.05, 3.63) is 69.9 Å². The maximum Gasteiger partial charge on any atom is 0.204 e. The molecule has 1 aromatic heterocycles. The molecule has 0 fully saturated rings. The van der Waals surface area contributed by atoms with Gasteiger partial charge in [0.15, 0.2) is 5.43 Å². The van der Waals surface area contributed by atoms with Crippen LogP contribution in [-0.2, 0) is 6.54 Å². The highest BCUT2D eigenvalue weighted by Crippen LogP contribution is 2.33. The third-order valence-electron chi connectivity index (χ3n) is 3.74. The largest absolute Gasteiger partial charge is 0.440 e. The Kier molecular flexibility index (Phi) is 2.24. The monoisotopic (exact) mass is 263 g/mol. The first-order valence-electron chi connectivity index (χ1n) is 6.62. The number of nitrogens with zero attached hydrogens (tertiary/aromatic N) is 1. The lowest BCUT2D eigenvalue weighted by atomic mass is 10.1. The second-order valence-corrected chi connectivity index (χ2v) is 5.16. The Bertz CT molecular complexity index is 893. The van der Waals surface area contributed by atoms with E-state index in [9.17, 15) is 4.79 Å². The maximum absolute atomic E-state index is 12.1. The number of hydrogen-bond acceptors (Lipinski definition) is 2. The van der Waals surface area contributed by atoms with Gasteiger partial charge in [-0.25, -0.2) is 0 Å². The molecule has 1 aliphatic rings. The van der Waals surface area contributed by atoms with Crippen LogP contribution >= 0.6 is 0 Å². The van der Waals surface area contributed by atoms with Crippen molar-refractivity contribution in [2.75, 3.05) is 0 Å². The van der Waals surface area contributed by atoms with Crippen molar-refractivity contribution in [1.29, 1.82) is 0 Å². The van der Waals surface area contributed by atoms with E-state index in [4.69, 9.17) is 4.74 Å². The maximum atomic E-state index is 12.1. The van der Waals surface area contributed by atoms with Crippen LogP contribution in [-0.4, -0.2) is 4.57 Å². The lowest BCUT2D eigenvalue weighted by molar-refractivity contribution is 0.405. The summed E-state index contributed by atoms with van der Waals surface area (Å²) in [5.74, 6) is 1.45. The molecule has 2 heterocycles. The van der Waals surface area contributed by atoms with Gasteiger partial charge in [0.25, 0.3) is 0 Å². The highest BCUT2D eigenvalue weighted by Gasteiger charge is 2.18. The Morgan fingerprint density at radius 3 is 2.85 bits per heavy atom. The van der Waals surface area contributed by atoms with E-state index in [-0.39, 0.29) is 5.43 Å². The average molecular weight is 263 g/mol. The predicted molar refractivity (Wildman–Crippen MR) is 78.6 cm³/mol. The van der Waals surface area contributed by atoms with Crippen LogP contribution in [0.15, 0.2) is 53.3 Å². The zero-order valence-electron chi connectivity index (χ0n) is 11.1. The molecule has 1 aliphatic heterocycles. The molecule has 0 radical (unpaired) electrons. The van der Waals surface area contributed by atoms with Gasteiger partial charge < -0.3 is 9.30 Å². The molecule has 2 aromatic carbocycles. The number of rotatable bonds is 0. The van der Waals surface area contributed by atoms with Gasteiger partial charge in [-0.05, 0) is 25.1 Å². The summed E-state index contributed by atoms with van der Waals surface area (Å²) in [4.78, 5) is 12.1. The Hall–Kier alpha value is -2.55. The Labute approximate surface area is 116 Å². The molecule has 3 aromatic rings. The van der Waals surface area contributed by atoms with Gasteiger partial charge in [-0.2, -0.15) is 0 Å². The molecule has 0 atom stereocenters. The lowest BCUT2D eigenvalue weighted by Gasteiger charge is -2.24. The third-order valence-corrected chi connectivity index (χ3v) is 3.74. The molecule has 4 rings (SSSR count). The summed E-state index contributed by atoms with van der Waals surface area (Å²) < 4.78 is 7.94. The van der Waals surface area contributed by atoms with Gasteiger partial charge in [-0.3, -0.25) is 4.79 Å². The predicted octanol–water partition coefficient (Wildman–Crippen LogP) is 3.46. The fourth-order valence-corrected chi connectivity index (χ4v) is 2.77. The molecule has 0 spiro atoms. The van der Waals surface area contributed by atoms with Crippen molar-refractivity contribution in [3.8, 4) is 11.6 Å². The molecule has 98 valence electrons. The molecular formula is C17H13NO2. The average Bonchev–Trinajstić information content (AvgIpc) is 2.46. The minimum Gasteiger partial charge on any atom is -0.440 e. The first-order valence-corrected chi connectivity index (χ1v) is 6.62. The quantitative estimate of drug-likeness (QED) is 0.486. The van der Waals surface area contributed by atoms with E-state index in [0.29, 0.717) is 5.88 Å². The number of ether oxygens (including phenoxy) is 1. The van der Waals surface area contributed by atoms with Crippen LogP contribution in [0.4, 0.5) is 0 Å². The number of hydrogen-bond donors (Lipinski definition) is 0. The Morgan fingerprint density at radius 1 is 1.10 bits per heavy atom. The lowest BCUT2D eigenvalue weighted by Crippen LogP contribution is -2.16. The SMILES string of the molecule is Cc1ccc2c(c1)Cn1c(cc(=O)c3ccccc31)O2. The number of para-hydroxylation sites is 1. The summed E-state index contributed by atoms with van der Waals surface area (Å²) in [6, 6.07) is 15.3. The van der Waals surface area contributed by atoms with Gasteiger partial charge >= 0.3 is 0 Å². The topological polar surface area (TPSA) is 31.2 Å². The fourth-order valence-electron chi connectivity index (χ4n) is 2.77. The molecular weight excluding hydrogens is 250 g/mol. The van der Waals surface area contributed by atoms with E-state index in [1.807, 2.05) is 36.4 Å². The summed E-state index contributed by atoms with van der Waals surface area (Å²) in [5, 5.41) is 0.732. The van der Waals surface area contributed by atoms with Gasteiger partial charge in [0.05, 0.1) is 12.1 Å². The van der Waals surface area contributed by atoms with Crippen molar-refractivity contribution in [3.63, 3.8) is 0 Å². The number of pyridine rings is 1. The number of fused-ring (bicyclic) bond motifs is 4. The van der Waals surface area contributed by atoms with Crippen LogP contribution < -0.4 is 10.2 Å². The Morgan fingerprint density at radius 2 is 1.95 bits per heavy atom. The van der Waals surface area contributed by atoms with Crippen LogP contribution in [0.2, 0.25) is 0 Å². The Balaban J connectivity index is 2.01. The zero-order valence-corrected chi connectivity index (χ0v) is 11.1. The standard InChI is InChI=1S/C17H13NO2/c1-11-6-7-16-12(8-11)10-18-14-5-3-2-4-13(14)15(19)9-17(18)20-16/h2-9H,10H2,1H3. The van der Waals surface area contributed by atoms with Gasteiger partial charge in [-0.15, -0.1) is 0 Å². The molecule has 20 heavy (non-hydrogen) atoms. The van der Waals surface area contributed by atoms with E-state index in [1.54, 1.807) is 6.07 Å². The van der Waals surface area contributed by atoms with E-state index in [2.05, 4.69) is 17.6 Å². The smallest absolute Gasteiger partial charge is 0.204 e. The first-order chi connectivity index (χ1) is 9.72. The van der Waals surface area contributed by atoms with Crippen LogP contribution in [0.3, 0.4) is 0 Å². The molecule has 3 heteroatoms. The number of benzene rings is 2. The van der Waals surface area contributed by atoms with Gasteiger partial charge in [0.2, 0.25) is 5.88 Å². The van der Waals surface area contributed by atoms with Crippen LogP contribution in [0.25, 0.3) is 10.9 Å². The van der Waals surface area contributed by atoms with Crippen molar-refractivity contribution < 1.29 is 4.74 Å². The van der Waals surface area contributed by atoms with E-state index in [0.717, 1.165) is 28.8 Å². The minimum absolute atomic E-state index is 0.00223. The summed E-state index contributed by atoms with van der Waals surface area (Å²) in [6.07, 6.45) is 0. The summed E-state index contributed by atoms with van der Waals surface area (Å²) in [5.41, 5.74) is 3.28. The highest BCUT2D eigenvalue weighted by atomic mass is 16.5. The molecule has 0 saturated heterocycles. The van der Waals surface area contributed by atoms with Crippen molar-refractivity contribution in [1.82, 2.24) is 4.57 Å².